The van der Waals surface area contributed by atoms with Crippen LogP contribution in [0.5, 0.6) is 0 Å². The number of carbonyl (C=O) groups is 1. The lowest BCUT2D eigenvalue weighted by Gasteiger charge is -2.22. The maximum atomic E-state index is 12.6. The molecule has 450 valence electrons. The first-order valence-electron chi connectivity index (χ1n) is 34.1. The van der Waals surface area contributed by atoms with Crippen molar-refractivity contribution in [3.05, 3.63) is 109 Å². The molecular formula is C74H131NO3. The zero-order chi connectivity index (χ0) is 56.2. The molecule has 0 bridgehead atoms. The minimum atomic E-state index is -0.671. The topological polar surface area (TPSA) is 69.6 Å². The lowest BCUT2D eigenvalue weighted by atomic mass is 10.0. The van der Waals surface area contributed by atoms with E-state index in [9.17, 15) is 15.0 Å². The van der Waals surface area contributed by atoms with Crippen LogP contribution in [0.2, 0.25) is 0 Å². The summed E-state index contributed by atoms with van der Waals surface area (Å²) in [4.78, 5) is 12.6. The van der Waals surface area contributed by atoms with E-state index in [1.165, 1.54) is 225 Å². The molecule has 1 amide bonds. The Morgan fingerprint density at radius 2 is 0.564 bits per heavy atom. The summed E-state index contributed by atoms with van der Waals surface area (Å²) >= 11 is 0. The highest BCUT2D eigenvalue weighted by atomic mass is 16.3. The van der Waals surface area contributed by atoms with Crippen LogP contribution in [0.3, 0.4) is 0 Å². The maximum absolute atomic E-state index is 12.6. The Labute approximate surface area is 486 Å². The van der Waals surface area contributed by atoms with Gasteiger partial charge in [-0.2, -0.15) is 0 Å². The van der Waals surface area contributed by atoms with Crippen molar-refractivity contribution >= 4 is 5.91 Å². The zero-order valence-electron chi connectivity index (χ0n) is 51.9. The second kappa shape index (κ2) is 68.3. The molecule has 0 aromatic carbocycles. The van der Waals surface area contributed by atoms with Gasteiger partial charge in [0.15, 0.2) is 0 Å². The van der Waals surface area contributed by atoms with Crippen LogP contribution in [0, 0.1) is 0 Å². The molecule has 0 spiro atoms. The molecule has 0 aliphatic heterocycles. The first-order valence-corrected chi connectivity index (χ1v) is 34.1. The summed E-state index contributed by atoms with van der Waals surface area (Å²) in [5.74, 6) is -0.0377. The molecule has 2 unspecified atom stereocenters. The lowest BCUT2D eigenvalue weighted by molar-refractivity contribution is -0.123. The number of carbonyl (C=O) groups excluding carboxylic acids is 1. The molecule has 0 saturated carbocycles. The van der Waals surface area contributed by atoms with Crippen LogP contribution in [-0.4, -0.2) is 34.9 Å². The number of unbranched alkanes of at least 4 members (excludes halogenated alkanes) is 37. The van der Waals surface area contributed by atoms with E-state index in [-0.39, 0.29) is 12.5 Å². The van der Waals surface area contributed by atoms with Gasteiger partial charge in [-0.15, -0.1) is 0 Å². The van der Waals surface area contributed by atoms with Crippen LogP contribution in [0.25, 0.3) is 0 Å². The van der Waals surface area contributed by atoms with Gasteiger partial charge in [0.25, 0.3) is 0 Å². The van der Waals surface area contributed by atoms with Crippen molar-refractivity contribution in [3.63, 3.8) is 0 Å². The average molecular weight is 1080 g/mol. The molecule has 0 saturated heterocycles. The summed E-state index contributed by atoms with van der Waals surface area (Å²) < 4.78 is 0. The van der Waals surface area contributed by atoms with Gasteiger partial charge in [0, 0.05) is 6.42 Å². The van der Waals surface area contributed by atoms with E-state index in [2.05, 4.69) is 129 Å². The molecule has 0 aromatic heterocycles. The lowest BCUT2D eigenvalue weighted by Crippen LogP contribution is -2.45. The molecule has 0 aliphatic carbocycles. The van der Waals surface area contributed by atoms with E-state index in [0.29, 0.717) is 12.8 Å². The van der Waals surface area contributed by atoms with Crippen molar-refractivity contribution in [1.29, 1.82) is 0 Å². The zero-order valence-corrected chi connectivity index (χ0v) is 51.9. The predicted octanol–water partition coefficient (Wildman–Crippen LogP) is 23.4. The van der Waals surface area contributed by atoms with Gasteiger partial charge in [0.05, 0.1) is 18.8 Å². The van der Waals surface area contributed by atoms with Crippen molar-refractivity contribution in [2.24, 2.45) is 0 Å². The summed E-state index contributed by atoms with van der Waals surface area (Å²) in [7, 11) is 0. The minimum Gasteiger partial charge on any atom is -0.394 e. The third kappa shape index (κ3) is 63.9. The largest absolute Gasteiger partial charge is 0.394 e. The quantitative estimate of drug-likeness (QED) is 0.0420. The van der Waals surface area contributed by atoms with Crippen LogP contribution in [-0.2, 0) is 4.79 Å². The molecule has 2 atom stereocenters. The first-order chi connectivity index (χ1) is 38.7. The highest BCUT2D eigenvalue weighted by Crippen LogP contribution is 2.18. The predicted molar refractivity (Wildman–Crippen MR) is 349 cm³/mol. The normalized spacial score (nSPS) is 13.4. The van der Waals surface area contributed by atoms with Crippen LogP contribution < -0.4 is 5.32 Å². The average Bonchev–Trinajstić information content (AvgIpc) is 3.44. The molecule has 4 heteroatoms. The van der Waals surface area contributed by atoms with Crippen molar-refractivity contribution in [2.75, 3.05) is 6.61 Å². The van der Waals surface area contributed by atoms with Gasteiger partial charge in [0.1, 0.15) is 0 Å². The highest BCUT2D eigenvalue weighted by molar-refractivity contribution is 5.76. The molecule has 0 fully saturated rings. The monoisotopic (exact) mass is 1080 g/mol. The van der Waals surface area contributed by atoms with Gasteiger partial charge in [-0.3, -0.25) is 4.79 Å². The Kier molecular flexibility index (Phi) is 65.7. The molecule has 78 heavy (non-hydrogen) atoms. The summed E-state index contributed by atoms with van der Waals surface area (Å²) in [6.45, 7) is 4.27. The van der Waals surface area contributed by atoms with Crippen LogP contribution >= 0.6 is 0 Å². The number of allylic oxidation sites excluding steroid dienone is 18. The van der Waals surface area contributed by atoms with Gasteiger partial charge in [-0.05, 0) is 83.5 Å². The van der Waals surface area contributed by atoms with Crippen LogP contribution in [0.4, 0.5) is 0 Å². The molecule has 0 aromatic rings. The number of rotatable bonds is 62. The molecule has 0 radical (unpaired) electrons. The number of hydrogen-bond donors (Lipinski definition) is 3. The van der Waals surface area contributed by atoms with Crippen molar-refractivity contribution in [3.8, 4) is 0 Å². The summed E-state index contributed by atoms with van der Waals surface area (Å²) in [6, 6.07) is -0.549. The smallest absolute Gasteiger partial charge is 0.220 e. The first kappa shape index (κ1) is 75.0. The molecule has 0 rings (SSSR count). The molecule has 4 nitrogen and oxygen atoms in total. The number of aliphatic hydroxyl groups excluding tert-OH is 2. The van der Waals surface area contributed by atoms with E-state index in [1.807, 2.05) is 0 Å². The summed E-state index contributed by atoms with van der Waals surface area (Å²) in [6.07, 6.45) is 103. The minimum absolute atomic E-state index is 0.0377. The van der Waals surface area contributed by atoms with E-state index in [4.69, 9.17) is 0 Å². The van der Waals surface area contributed by atoms with Gasteiger partial charge >= 0.3 is 0 Å². The Balaban J connectivity index is 3.52. The molecular weight excluding hydrogens is 951 g/mol. The third-order valence-electron chi connectivity index (χ3n) is 15.3. The number of hydrogen-bond acceptors (Lipinski definition) is 3. The fourth-order valence-electron chi connectivity index (χ4n) is 10.2. The van der Waals surface area contributed by atoms with Crippen molar-refractivity contribution < 1.29 is 15.0 Å². The van der Waals surface area contributed by atoms with Crippen molar-refractivity contribution in [2.45, 2.75) is 347 Å². The maximum Gasteiger partial charge on any atom is 0.220 e. The Hall–Kier alpha value is -2.95. The Bertz CT molecular complexity index is 1460. The third-order valence-corrected chi connectivity index (χ3v) is 15.3. The fourth-order valence-corrected chi connectivity index (χ4v) is 10.2. The van der Waals surface area contributed by atoms with Crippen molar-refractivity contribution in [1.82, 2.24) is 5.32 Å². The summed E-state index contributed by atoms with van der Waals surface area (Å²) in [5, 5.41) is 23.5. The second-order valence-electron chi connectivity index (χ2n) is 22.9. The fraction of sp³-hybridized carbons (Fsp3) is 0.743. The van der Waals surface area contributed by atoms with E-state index >= 15 is 0 Å². The van der Waals surface area contributed by atoms with E-state index in [0.717, 1.165) is 83.5 Å². The molecule has 3 N–H and O–H groups in total. The SMILES string of the molecule is CC/C=C\C/C=C\C/C=C\C/C=C\C/C=C\C/C=C\C/C=C\C/C=C\C/C=C\CCCCCCCCCCCC(=O)NC(CO)C(O)CCCCCCCCCCCCCCCCCCCCCCCCCCCCCCC. The van der Waals surface area contributed by atoms with E-state index in [1.54, 1.807) is 0 Å². The number of amides is 1. The second-order valence-corrected chi connectivity index (χ2v) is 22.9. The Morgan fingerprint density at radius 1 is 0.321 bits per heavy atom. The van der Waals surface area contributed by atoms with Crippen LogP contribution in [0.15, 0.2) is 109 Å². The van der Waals surface area contributed by atoms with Gasteiger partial charge < -0.3 is 15.5 Å². The molecule has 0 heterocycles. The van der Waals surface area contributed by atoms with E-state index < -0.39 is 12.1 Å². The Morgan fingerprint density at radius 3 is 0.846 bits per heavy atom. The highest BCUT2D eigenvalue weighted by Gasteiger charge is 2.20. The van der Waals surface area contributed by atoms with Crippen LogP contribution in [0.1, 0.15) is 335 Å². The summed E-state index contributed by atoms with van der Waals surface area (Å²) in [5.41, 5.74) is 0. The van der Waals surface area contributed by atoms with Gasteiger partial charge in [0.2, 0.25) is 5.91 Å². The number of aliphatic hydroxyl groups is 2. The standard InChI is InChI=1S/C74H131NO3/c1-3-5-7-9-11-13-15-17-19-21-23-25-27-29-31-33-34-35-36-37-38-39-40-42-44-46-48-50-52-54-56-58-60-62-64-66-68-70-74(78)75-72(71-76)73(77)69-67-65-63-61-59-57-55-53-51-49-47-45-43-41-32-30-28-26-24-22-20-18-16-14-12-10-8-6-4-2/h5,7,11,13,17,19,23,25,29,31,34-35,37-38,40,42,46,48,72-73,76-77H,3-4,6,8-10,12,14-16,18,20-22,24,26-28,30,32-33,36,39,41,43-45,47,49-71H2,1-2H3,(H,75,78)/b7-5-,13-11-,19-17-,25-23-,31-29-,35-34-,38-37-,42-40-,48-46-. The van der Waals surface area contributed by atoms with Gasteiger partial charge in [-0.1, -0.05) is 354 Å². The number of nitrogens with one attached hydrogen (secondary N) is 1. The molecule has 0 aliphatic rings. The van der Waals surface area contributed by atoms with Gasteiger partial charge in [-0.25, -0.2) is 0 Å².